The van der Waals surface area contributed by atoms with E-state index in [0.717, 1.165) is 44.2 Å². The van der Waals surface area contributed by atoms with Gasteiger partial charge in [0, 0.05) is 56.1 Å². The zero-order valence-electron chi connectivity index (χ0n) is 16.8. The summed E-state index contributed by atoms with van der Waals surface area (Å²) in [6.45, 7) is 11.1. The smallest absolute Gasteiger partial charge is 0.136 e. The van der Waals surface area contributed by atoms with Crippen molar-refractivity contribution < 1.29 is 9.90 Å². The normalized spacial score (nSPS) is 27.8. The van der Waals surface area contributed by atoms with E-state index >= 15 is 0 Å². The lowest BCUT2D eigenvalue weighted by atomic mass is 9.85. The molecule has 0 aromatic heterocycles. The summed E-state index contributed by atoms with van der Waals surface area (Å²) in [7, 11) is 0. The lowest BCUT2D eigenvalue weighted by Crippen LogP contribution is -2.52. The number of carbonyl (C=O) groups is 1. The number of ketones is 1. The van der Waals surface area contributed by atoms with Gasteiger partial charge >= 0.3 is 0 Å². The van der Waals surface area contributed by atoms with Crippen molar-refractivity contribution in [1.82, 2.24) is 9.80 Å². The van der Waals surface area contributed by atoms with Crippen molar-refractivity contribution in [2.75, 3.05) is 26.2 Å². The van der Waals surface area contributed by atoms with Crippen molar-refractivity contribution in [3.8, 4) is 0 Å². The van der Waals surface area contributed by atoms with E-state index in [1.54, 1.807) is 0 Å². The number of aliphatic hydroxyl groups is 1. The average molecular weight is 393 g/mol. The Kier molecular flexibility index (Phi) is 6.62. The minimum absolute atomic E-state index is 0.0212. The maximum absolute atomic E-state index is 12.6. The molecule has 150 valence electrons. The molecule has 2 unspecified atom stereocenters. The maximum atomic E-state index is 12.6. The Morgan fingerprint density at radius 2 is 1.74 bits per heavy atom. The fraction of sp³-hybridized carbons (Fsp3) is 0.682. The van der Waals surface area contributed by atoms with Crippen molar-refractivity contribution in [3.05, 3.63) is 34.9 Å². The first-order valence-electron chi connectivity index (χ1n) is 10.1. The summed E-state index contributed by atoms with van der Waals surface area (Å²) in [5, 5.41) is 11.3. The van der Waals surface area contributed by atoms with Gasteiger partial charge in [0.2, 0.25) is 0 Å². The standard InChI is InChI=1S/C22H33ClN2O2/c1-22(2,3)14-21(27)17-12-19(20(26)13-17)25-10-8-24(9-11-25)15-16-4-6-18(23)7-5-16/h4-7,17,19-20,26H,8-15H2,1-3H3/t17?,19?,20-/m0/s1. The fourth-order valence-electron chi connectivity index (χ4n) is 4.42. The number of halogens is 1. The molecule has 1 saturated carbocycles. The molecular weight excluding hydrogens is 360 g/mol. The Morgan fingerprint density at radius 1 is 1.11 bits per heavy atom. The number of benzene rings is 1. The zero-order valence-corrected chi connectivity index (χ0v) is 17.6. The molecule has 0 radical (unpaired) electrons. The number of Topliss-reactive ketones (excluding diaryl/α,β-unsaturated/α-hetero) is 1. The molecule has 5 heteroatoms. The SMILES string of the molecule is CC(C)(C)CC(=O)C1CC(N2CCN(Cc3ccc(Cl)cc3)CC2)[C@@H](O)C1. The first-order chi connectivity index (χ1) is 12.7. The molecule has 2 aliphatic rings. The maximum Gasteiger partial charge on any atom is 0.136 e. The number of aliphatic hydroxyl groups excluding tert-OH is 1. The summed E-state index contributed by atoms with van der Waals surface area (Å²) in [6.07, 6.45) is 1.67. The molecule has 3 rings (SSSR count). The Hall–Kier alpha value is -0.940. The molecule has 1 aliphatic carbocycles. The van der Waals surface area contributed by atoms with E-state index in [1.807, 2.05) is 12.1 Å². The molecule has 1 heterocycles. The summed E-state index contributed by atoms with van der Waals surface area (Å²) < 4.78 is 0. The molecule has 3 atom stereocenters. The van der Waals surface area contributed by atoms with Crippen molar-refractivity contribution in [2.45, 2.75) is 58.7 Å². The third-order valence-corrected chi connectivity index (χ3v) is 6.10. The van der Waals surface area contributed by atoms with Gasteiger partial charge in [-0.15, -0.1) is 0 Å². The lowest BCUT2D eigenvalue weighted by Gasteiger charge is -2.39. The highest BCUT2D eigenvalue weighted by Gasteiger charge is 2.41. The Labute approximate surface area is 168 Å². The van der Waals surface area contributed by atoms with E-state index in [9.17, 15) is 9.90 Å². The number of nitrogens with zero attached hydrogens (tertiary/aromatic N) is 2. The number of piperazine rings is 1. The van der Waals surface area contributed by atoms with Crippen LogP contribution in [0.1, 0.15) is 45.6 Å². The summed E-state index contributed by atoms with van der Waals surface area (Å²) in [4.78, 5) is 17.4. The van der Waals surface area contributed by atoms with E-state index in [0.29, 0.717) is 18.6 Å². The molecule has 1 aromatic rings. The van der Waals surface area contributed by atoms with Crippen LogP contribution in [-0.4, -0.2) is 59.0 Å². The number of hydrogen-bond acceptors (Lipinski definition) is 4. The summed E-state index contributed by atoms with van der Waals surface area (Å²) >= 11 is 5.96. The van der Waals surface area contributed by atoms with E-state index in [-0.39, 0.29) is 23.5 Å². The van der Waals surface area contributed by atoms with E-state index in [1.165, 1.54) is 5.56 Å². The Morgan fingerprint density at radius 3 is 2.33 bits per heavy atom. The second kappa shape index (κ2) is 8.60. The minimum atomic E-state index is -0.373. The van der Waals surface area contributed by atoms with Gasteiger partial charge in [0.25, 0.3) is 0 Å². The zero-order chi connectivity index (χ0) is 19.6. The molecule has 0 spiro atoms. The van der Waals surface area contributed by atoms with Crippen LogP contribution < -0.4 is 0 Å². The van der Waals surface area contributed by atoms with Crippen LogP contribution >= 0.6 is 11.6 Å². The van der Waals surface area contributed by atoms with E-state index in [4.69, 9.17) is 11.6 Å². The highest BCUT2D eigenvalue weighted by atomic mass is 35.5. The van der Waals surface area contributed by atoms with Gasteiger partial charge in [-0.2, -0.15) is 0 Å². The van der Waals surface area contributed by atoms with Crippen LogP contribution in [0, 0.1) is 11.3 Å². The summed E-state index contributed by atoms with van der Waals surface area (Å²) in [5.74, 6) is 0.349. The third kappa shape index (κ3) is 5.77. The second-order valence-corrected chi connectivity index (χ2v) is 9.88. The first kappa shape index (κ1) is 20.8. The molecule has 0 bridgehead atoms. The number of carbonyl (C=O) groups excluding carboxylic acids is 1. The monoisotopic (exact) mass is 392 g/mol. The number of rotatable bonds is 5. The fourth-order valence-corrected chi connectivity index (χ4v) is 4.54. The van der Waals surface area contributed by atoms with Crippen molar-refractivity contribution in [1.29, 1.82) is 0 Å². The molecule has 1 saturated heterocycles. The molecule has 1 aromatic carbocycles. The van der Waals surface area contributed by atoms with Crippen LogP contribution in [0.4, 0.5) is 0 Å². The van der Waals surface area contributed by atoms with Gasteiger partial charge < -0.3 is 5.11 Å². The summed E-state index contributed by atoms with van der Waals surface area (Å²) in [6, 6.07) is 8.19. The van der Waals surface area contributed by atoms with Crippen LogP contribution in [0.5, 0.6) is 0 Å². The predicted molar refractivity (Wildman–Crippen MR) is 110 cm³/mol. The second-order valence-electron chi connectivity index (χ2n) is 9.45. The lowest BCUT2D eigenvalue weighted by molar-refractivity contribution is -0.124. The Bertz CT molecular complexity index is 633. The van der Waals surface area contributed by atoms with Gasteiger partial charge in [-0.05, 0) is 36.0 Å². The quantitative estimate of drug-likeness (QED) is 0.831. The van der Waals surface area contributed by atoms with Gasteiger partial charge in [-0.1, -0.05) is 44.5 Å². The molecule has 0 amide bonds. The van der Waals surface area contributed by atoms with Crippen LogP contribution in [-0.2, 0) is 11.3 Å². The van der Waals surface area contributed by atoms with Crippen molar-refractivity contribution in [2.24, 2.45) is 11.3 Å². The predicted octanol–water partition coefficient (Wildman–Crippen LogP) is 3.60. The topological polar surface area (TPSA) is 43.8 Å². The van der Waals surface area contributed by atoms with Gasteiger partial charge in [0.1, 0.15) is 5.78 Å². The average Bonchev–Trinajstić information content (AvgIpc) is 2.98. The highest BCUT2D eigenvalue weighted by molar-refractivity contribution is 6.30. The third-order valence-electron chi connectivity index (χ3n) is 5.85. The molecule has 4 nitrogen and oxygen atoms in total. The molecule has 1 N–H and O–H groups in total. The molecule has 2 fully saturated rings. The van der Waals surface area contributed by atoms with Gasteiger partial charge in [-0.3, -0.25) is 14.6 Å². The van der Waals surface area contributed by atoms with Crippen LogP contribution in [0.2, 0.25) is 5.02 Å². The number of hydrogen-bond donors (Lipinski definition) is 1. The van der Waals surface area contributed by atoms with E-state index in [2.05, 4.69) is 42.7 Å². The Balaban J connectivity index is 1.49. The highest BCUT2D eigenvalue weighted by Crippen LogP contribution is 2.34. The molecule has 27 heavy (non-hydrogen) atoms. The molecule has 1 aliphatic heterocycles. The van der Waals surface area contributed by atoms with Crippen molar-refractivity contribution >= 4 is 17.4 Å². The van der Waals surface area contributed by atoms with Gasteiger partial charge in [-0.25, -0.2) is 0 Å². The van der Waals surface area contributed by atoms with Gasteiger partial charge in [0.15, 0.2) is 0 Å². The minimum Gasteiger partial charge on any atom is -0.391 e. The van der Waals surface area contributed by atoms with Crippen LogP contribution in [0.15, 0.2) is 24.3 Å². The van der Waals surface area contributed by atoms with Crippen molar-refractivity contribution in [3.63, 3.8) is 0 Å². The van der Waals surface area contributed by atoms with E-state index < -0.39 is 0 Å². The van der Waals surface area contributed by atoms with Crippen LogP contribution in [0.25, 0.3) is 0 Å². The first-order valence-corrected chi connectivity index (χ1v) is 10.5. The van der Waals surface area contributed by atoms with Crippen LogP contribution in [0.3, 0.4) is 0 Å². The largest absolute Gasteiger partial charge is 0.391 e. The van der Waals surface area contributed by atoms with Gasteiger partial charge in [0.05, 0.1) is 6.10 Å². The molecular formula is C22H33ClN2O2. The summed E-state index contributed by atoms with van der Waals surface area (Å²) in [5.41, 5.74) is 1.30.